The minimum Gasteiger partial charge on any atom is -0.327 e. The molecule has 132 valence electrons. The van der Waals surface area contributed by atoms with E-state index >= 15 is 0 Å². The largest absolute Gasteiger partial charge is 0.327 e. The van der Waals surface area contributed by atoms with Crippen LogP contribution >= 0.6 is 0 Å². The van der Waals surface area contributed by atoms with Crippen molar-refractivity contribution in [2.45, 2.75) is 13.8 Å². The van der Waals surface area contributed by atoms with E-state index in [4.69, 9.17) is 0 Å². The number of aromatic nitrogens is 1. The maximum atomic E-state index is 12.9. The molecule has 0 radical (unpaired) electrons. The number of rotatable bonds is 5. The molecule has 1 N–H and O–H groups in total. The molecule has 0 saturated carbocycles. The van der Waals surface area contributed by atoms with E-state index in [0.717, 1.165) is 18.1 Å². The fourth-order valence-corrected chi connectivity index (χ4v) is 2.70. The molecular formula is C21H20FN3O. The van der Waals surface area contributed by atoms with Crippen molar-refractivity contribution in [3.8, 4) is 0 Å². The van der Waals surface area contributed by atoms with Gasteiger partial charge in [-0.2, -0.15) is 0 Å². The molecule has 2 aromatic carbocycles. The molecule has 26 heavy (non-hydrogen) atoms. The summed E-state index contributed by atoms with van der Waals surface area (Å²) in [6.45, 7) is 4.89. The Morgan fingerprint density at radius 1 is 1.12 bits per heavy atom. The summed E-state index contributed by atoms with van der Waals surface area (Å²) in [6, 6.07) is 17.3. The fourth-order valence-electron chi connectivity index (χ4n) is 2.70. The normalized spacial score (nSPS) is 10.4. The second kappa shape index (κ2) is 7.78. The van der Waals surface area contributed by atoms with Gasteiger partial charge >= 0.3 is 0 Å². The van der Waals surface area contributed by atoms with E-state index in [1.807, 2.05) is 24.3 Å². The number of amides is 1. The summed E-state index contributed by atoms with van der Waals surface area (Å²) < 4.78 is 12.9. The molecule has 1 heterocycles. The Labute approximate surface area is 152 Å². The molecule has 0 aliphatic heterocycles. The highest BCUT2D eigenvalue weighted by Crippen LogP contribution is 2.25. The van der Waals surface area contributed by atoms with Crippen LogP contribution in [0.15, 0.2) is 66.9 Å². The molecule has 0 unspecified atom stereocenters. The molecule has 0 fully saturated rings. The van der Waals surface area contributed by atoms with Crippen molar-refractivity contribution >= 4 is 23.1 Å². The predicted molar refractivity (Wildman–Crippen MR) is 102 cm³/mol. The van der Waals surface area contributed by atoms with Gasteiger partial charge in [-0.15, -0.1) is 0 Å². The van der Waals surface area contributed by atoms with Gasteiger partial charge in [0.15, 0.2) is 0 Å². The first-order chi connectivity index (χ1) is 12.6. The van der Waals surface area contributed by atoms with Crippen LogP contribution in [0.4, 0.5) is 21.6 Å². The van der Waals surface area contributed by atoms with Gasteiger partial charge < -0.3 is 10.2 Å². The third-order valence-electron chi connectivity index (χ3n) is 4.02. The Morgan fingerprint density at radius 3 is 2.50 bits per heavy atom. The van der Waals surface area contributed by atoms with Crippen molar-refractivity contribution in [2.24, 2.45) is 0 Å². The Morgan fingerprint density at radius 2 is 1.88 bits per heavy atom. The second-order valence-corrected chi connectivity index (χ2v) is 5.95. The maximum absolute atomic E-state index is 12.9. The van der Waals surface area contributed by atoms with E-state index in [-0.39, 0.29) is 11.7 Å². The van der Waals surface area contributed by atoms with Gasteiger partial charge in [-0.25, -0.2) is 9.37 Å². The lowest BCUT2D eigenvalue weighted by atomic mass is 10.2. The number of hydrogen-bond acceptors (Lipinski definition) is 3. The quantitative estimate of drug-likeness (QED) is 0.710. The number of pyridine rings is 1. The Bertz CT molecular complexity index is 892. The highest BCUT2D eigenvalue weighted by molar-refractivity contribution is 6.04. The maximum Gasteiger partial charge on any atom is 0.255 e. The van der Waals surface area contributed by atoms with Gasteiger partial charge in [0.1, 0.15) is 11.6 Å². The Balaban J connectivity index is 1.75. The van der Waals surface area contributed by atoms with Gasteiger partial charge in [0, 0.05) is 17.8 Å². The number of nitrogens with one attached hydrogen (secondary N) is 1. The minimum absolute atomic E-state index is 0.300. The minimum atomic E-state index is -0.372. The Kier molecular flexibility index (Phi) is 5.27. The number of anilines is 3. The monoisotopic (exact) mass is 349 g/mol. The first-order valence-corrected chi connectivity index (χ1v) is 8.44. The fraction of sp³-hybridized carbons (Fsp3) is 0.143. The summed E-state index contributed by atoms with van der Waals surface area (Å²) in [7, 11) is 0. The molecule has 4 nitrogen and oxygen atoms in total. The summed E-state index contributed by atoms with van der Waals surface area (Å²) in [4.78, 5) is 18.8. The molecule has 0 atom stereocenters. The summed E-state index contributed by atoms with van der Waals surface area (Å²) in [6.07, 6.45) is 1.62. The van der Waals surface area contributed by atoms with E-state index in [2.05, 4.69) is 41.2 Å². The van der Waals surface area contributed by atoms with Crippen LogP contribution in [-0.4, -0.2) is 17.4 Å². The summed E-state index contributed by atoms with van der Waals surface area (Å²) in [5.41, 5.74) is 3.24. The van der Waals surface area contributed by atoms with Gasteiger partial charge in [0.05, 0.1) is 11.9 Å². The van der Waals surface area contributed by atoms with E-state index < -0.39 is 0 Å². The zero-order chi connectivity index (χ0) is 18.5. The van der Waals surface area contributed by atoms with Crippen molar-refractivity contribution in [3.05, 3.63) is 83.8 Å². The predicted octanol–water partition coefficient (Wildman–Crippen LogP) is 4.94. The molecule has 0 aliphatic rings. The van der Waals surface area contributed by atoms with Crippen LogP contribution in [0.5, 0.6) is 0 Å². The van der Waals surface area contributed by atoms with Gasteiger partial charge in [-0.1, -0.05) is 12.1 Å². The molecule has 5 heteroatoms. The van der Waals surface area contributed by atoms with Crippen molar-refractivity contribution in [1.29, 1.82) is 0 Å². The third-order valence-corrected chi connectivity index (χ3v) is 4.02. The number of hydrogen-bond donors (Lipinski definition) is 1. The van der Waals surface area contributed by atoms with Crippen molar-refractivity contribution in [1.82, 2.24) is 4.98 Å². The van der Waals surface area contributed by atoms with E-state index in [1.165, 1.54) is 29.8 Å². The van der Waals surface area contributed by atoms with Gasteiger partial charge in [0.25, 0.3) is 5.91 Å². The first-order valence-electron chi connectivity index (χ1n) is 8.44. The van der Waals surface area contributed by atoms with Crippen LogP contribution in [0.1, 0.15) is 22.8 Å². The number of aryl methyl sites for hydroxylation is 1. The summed E-state index contributed by atoms with van der Waals surface area (Å²) >= 11 is 0. The van der Waals surface area contributed by atoms with E-state index in [0.29, 0.717) is 11.3 Å². The van der Waals surface area contributed by atoms with E-state index in [1.54, 1.807) is 6.20 Å². The number of carbonyl (C=O) groups excluding carboxylic acids is 1. The lowest BCUT2D eigenvalue weighted by Crippen LogP contribution is -2.18. The van der Waals surface area contributed by atoms with Crippen LogP contribution in [-0.2, 0) is 0 Å². The van der Waals surface area contributed by atoms with Gasteiger partial charge in [-0.3, -0.25) is 4.79 Å². The zero-order valence-corrected chi connectivity index (χ0v) is 14.7. The molecular weight excluding hydrogens is 329 g/mol. The van der Waals surface area contributed by atoms with Crippen LogP contribution in [0.2, 0.25) is 0 Å². The molecule has 1 aromatic heterocycles. The van der Waals surface area contributed by atoms with E-state index in [9.17, 15) is 9.18 Å². The summed E-state index contributed by atoms with van der Waals surface area (Å²) in [5, 5.41) is 2.77. The van der Waals surface area contributed by atoms with Crippen LogP contribution in [0, 0.1) is 12.7 Å². The number of halogens is 1. The number of benzene rings is 2. The average molecular weight is 349 g/mol. The Hall–Kier alpha value is -3.21. The molecule has 3 rings (SSSR count). The molecule has 0 aliphatic carbocycles. The third kappa shape index (κ3) is 4.06. The zero-order valence-electron chi connectivity index (χ0n) is 14.7. The lowest BCUT2D eigenvalue weighted by Gasteiger charge is -2.22. The first kappa shape index (κ1) is 17.6. The molecule has 0 spiro atoms. The standard InChI is InChI=1S/C21H20FN3O/c1-3-25(19-6-4-5-15(2)13-19)20-12-11-18(14-23-20)24-21(26)16-7-9-17(22)10-8-16/h4-14H,3H2,1-2H3,(H,24,26). The molecule has 0 saturated heterocycles. The van der Waals surface area contributed by atoms with Crippen molar-refractivity contribution < 1.29 is 9.18 Å². The number of nitrogens with zero attached hydrogens (tertiary/aromatic N) is 2. The smallest absolute Gasteiger partial charge is 0.255 e. The topological polar surface area (TPSA) is 45.2 Å². The van der Waals surface area contributed by atoms with Crippen LogP contribution < -0.4 is 10.2 Å². The lowest BCUT2D eigenvalue weighted by molar-refractivity contribution is 0.102. The van der Waals surface area contributed by atoms with Crippen LogP contribution in [0.3, 0.4) is 0 Å². The van der Waals surface area contributed by atoms with Gasteiger partial charge in [-0.05, 0) is 67.9 Å². The molecule has 1 amide bonds. The average Bonchev–Trinajstić information content (AvgIpc) is 2.64. The SMILES string of the molecule is CCN(c1cccc(C)c1)c1ccc(NC(=O)c2ccc(F)cc2)cn1. The van der Waals surface area contributed by atoms with Crippen molar-refractivity contribution in [3.63, 3.8) is 0 Å². The summed E-state index contributed by atoms with van der Waals surface area (Å²) in [5.74, 6) is 0.131. The van der Waals surface area contributed by atoms with Crippen LogP contribution in [0.25, 0.3) is 0 Å². The highest BCUT2D eigenvalue weighted by Gasteiger charge is 2.10. The van der Waals surface area contributed by atoms with Gasteiger partial charge in [0.2, 0.25) is 0 Å². The molecule has 0 bridgehead atoms. The number of carbonyl (C=O) groups is 1. The van der Waals surface area contributed by atoms with Crippen molar-refractivity contribution in [2.75, 3.05) is 16.8 Å². The molecule has 3 aromatic rings. The second-order valence-electron chi connectivity index (χ2n) is 5.95. The highest BCUT2D eigenvalue weighted by atomic mass is 19.1.